The Hall–Kier alpha value is -1.36. The number of nitrogens with zero attached hydrogens (tertiary/aromatic N) is 2. The molecule has 1 heterocycles. The third-order valence-corrected chi connectivity index (χ3v) is 2.89. The van der Waals surface area contributed by atoms with Gasteiger partial charge in [-0.05, 0) is 25.7 Å². The molecule has 0 unspecified atom stereocenters. The van der Waals surface area contributed by atoms with Crippen LogP contribution in [0.4, 0.5) is 0 Å². The maximum Gasteiger partial charge on any atom is 0.338 e. The van der Waals surface area contributed by atoms with Gasteiger partial charge in [0.05, 0.1) is 23.9 Å². The molecule has 1 aromatic heterocycles. The highest BCUT2D eigenvalue weighted by atomic mass is 16.4. The lowest BCUT2D eigenvalue weighted by molar-refractivity contribution is 0.0696. The summed E-state index contributed by atoms with van der Waals surface area (Å²) in [6.07, 6.45) is 6.00. The van der Waals surface area contributed by atoms with E-state index in [-0.39, 0.29) is 17.7 Å². The summed E-state index contributed by atoms with van der Waals surface area (Å²) in [7, 11) is 0. The zero-order valence-corrected chi connectivity index (χ0v) is 8.33. The van der Waals surface area contributed by atoms with Crippen molar-refractivity contribution in [1.29, 1.82) is 0 Å². The van der Waals surface area contributed by atoms with E-state index in [2.05, 4.69) is 5.10 Å². The predicted molar refractivity (Wildman–Crippen MR) is 52.7 cm³/mol. The minimum Gasteiger partial charge on any atom is -0.478 e. The lowest BCUT2D eigenvalue weighted by Crippen LogP contribution is -2.21. The molecule has 2 N–H and O–H groups in total. The van der Waals surface area contributed by atoms with Crippen molar-refractivity contribution in [3.8, 4) is 0 Å². The highest BCUT2D eigenvalue weighted by Crippen LogP contribution is 2.27. The minimum absolute atomic E-state index is 0.198. The van der Waals surface area contributed by atoms with Crippen molar-refractivity contribution in [3.05, 3.63) is 18.0 Å². The van der Waals surface area contributed by atoms with E-state index in [1.165, 1.54) is 6.20 Å². The third-order valence-electron chi connectivity index (χ3n) is 2.89. The quantitative estimate of drug-likeness (QED) is 0.765. The predicted octanol–water partition coefficient (Wildman–Crippen LogP) is 1.06. The standard InChI is InChI=1S/C10H14N2O3/c13-9-3-1-8(2-4-9)12-6-7(5-11-12)10(14)15/h5-6,8-9,13H,1-4H2,(H,14,15)/t8-,9+. The second-order valence-electron chi connectivity index (χ2n) is 3.98. The number of carboxylic acid groups (broad SMARTS) is 1. The van der Waals surface area contributed by atoms with Crippen LogP contribution in [0.25, 0.3) is 0 Å². The van der Waals surface area contributed by atoms with E-state index in [1.807, 2.05) is 0 Å². The second-order valence-corrected chi connectivity index (χ2v) is 3.98. The highest BCUT2D eigenvalue weighted by Gasteiger charge is 2.21. The molecule has 0 aliphatic heterocycles. The number of aliphatic hydroxyl groups is 1. The Morgan fingerprint density at radius 3 is 2.60 bits per heavy atom. The van der Waals surface area contributed by atoms with E-state index >= 15 is 0 Å². The minimum atomic E-state index is -0.947. The molecule has 0 bridgehead atoms. The summed E-state index contributed by atoms with van der Waals surface area (Å²) in [6.45, 7) is 0. The van der Waals surface area contributed by atoms with Crippen molar-refractivity contribution in [2.24, 2.45) is 0 Å². The SMILES string of the molecule is O=C(O)c1cnn([C@H]2CC[C@@H](O)CC2)c1. The molecule has 0 radical (unpaired) electrons. The number of hydrogen-bond donors (Lipinski definition) is 2. The summed E-state index contributed by atoms with van der Waals surface area (Å²) >= 11 is 0. The van der Waals surface area contributed by atoms with E-state index in [1.54, 1.807) is 10.9 Å². The average Bonchev–Trinajstić information content (AvgIpc) is 2.68. The maximum absolute atomic E-state index is 10.7. The largest absolute Gasteiger partial charge is 0.478 e. The Morgan fingerprint density at radius 1 is 1.40 bits per heavy atom. The van der Waals surface area contributed by atoms with Crippen LogP contribution in [0.3, 0.4) is 0 Å². The van der Waals surface area contributed by atoms with Crippen LogP contribution >= 0.6 is 0 Å². The molecule has 1 aliphatic carbocycles. The zero-order chi connectivity index (χ0) is 10.8. The molecule has 0 atom stereocenters. The molecule has 1 fully saturated rings. The Labute approximate surface area is 87.3 Å². The first kappa shape index (κ1) is 10.2. The fourth-order valence-corrected chi connectivity index (χ4v) is 1.97. The van der Waals surface area contributed by atoms with Gasteiger partial charge in [0.25, 0.3) is 0 Å². The van der Waals surface area contributed by atoms with Crippen LogP contribution in [0.15, 0.2) is 12.4 Å². The Bertz CT molecular complexity index is 353. The van der Waals surface area contributed by atoms with Gasteiger partial charge in [0.1, 0.15) is 0 Å². The van der Waals surface area contributed by atoms with Gasteiger partial charge >= 0.3 is 5.97 Å². The molecule has 1 aliphatic rings. The highest BCUT2D eigenvalue weighted by molar-refractivity contribution is 5.86. The van der Waals surface area contributed by atoms with Crippen LogP contribution in [0, 0.1) is 0 Å². The third kappa shape index (κ3) is 2.18. The molecule has 5 heteroatoms. The van der Waals surface area contributed by atoms with Crippen molar-refractivity contribution in [2.45, 2.75) is 37.8 Å². The second kappa shape index (κ2) is 4.02. The van der Waals surface area contributed by atoms with E-state index in [0.29, 0.717) is 0 Å². The van der Waals surface area contributed by atoms with Gasteiger partial charge in [-0.3, -0.25) is 4.68 Å². The van der Waals surface area contributed by atoms with Crippen LogP contribution in [0.2, 0.25) is 0 Å². The lowest BCUT2D eigenvalue weighted by atomic mass is 9.93. The monoisotopic (exact) mass is 210 g/mol. The molecule has 0 saturated heterocycles. The van der Waals surface area contributed by atoms with Gasteiger partial charge in [0, 0.05) is 6.20 Å². The summed E-state index contributed by atoms with van der Waals surface area (Å²) < 4.78 is 1.70. The summed E-state index contributed by atoms with van der Waals surface area (Å²) in [5.74, 6) is -0.947. The Kier molecular flexibility index (Phi) is 2.73. The number of carbonyl (C=O) groups is 1. The van der Waals surface area contributed by atoms with Crippen molar-refractivity contribution in [2.75, 3.05) is 0 Å². The van der Waals surface area contributed by atoms with E-state index < -0.39 is 5.97 Å². The number of aromatic carboxylic acids is 1. The number of aliphatic hydroxyl groups excluding tert-OH is 1. The summed E-state index contributed by atoms with van der Waals surface area (Å²) in [5, 5.41) is 22.1. The topological polar surface area (TPSA) is 75.3 Å². The molecule has 0 amide bonds. The fraction of sp³-hybridized carbons (Fsp3) is 0.600. The van der Waals surface area contributed by atoms with Gasteiger partial charge in [-0.25, -0.2) is 4.79 Å². The number of hydrogen-bond acceptors (Lipinski definition) is 3. The molecule has 1 saturated carbocycles. The van der Waals surface area contributed by atoms with Crippen molar-refractivity contribution < 1.29 is 15.0 Å². The van der Waals surface area contributed by atoms with Crippen LogP contribution in [-0.2, 0) is 0 Å². The molecule has 2 rings (SSSR count). The molecule has 1 aromatic rings. The average molecular weight is 210 g/mol. The van der Waals surface area contributed by atoms with E-state index in [9.17, 15) is 9.90 Å². The number of rotatable bonds is 2. The van der Waals surface area contributed by atoms with Crippen LogP contribution < -0.4 is 0 Å². The van der Waals surface area contributed by atoms with Crippen LogP contribution in [0.5, 0.6) is 0 Å². The summed E-state index contributed by atoms with van der Waals surface area (Å²) in [6, 6.07) is 0.237. The Morgan fingerprint density at radius 2 is 2.07 bits per heavy atom. The summed E-state index contributed by atoms with van der Waals surface area (Å²) in [5.41, 5.74) is 0.223. The smallest absolute Gasteiger partial charge is 0.338 e. The van der Waals surface area contributed by atoms with Gasteiger partial charge in [-0.1, -0.05) is 0 Å². The van der Waals surface area contributed by atoms with Crippen molar-refractivity contribution in [1.82, 2.24) is 9.78 Å². The first-order valence-corrected chi connectivity index (χ1v) is 5.12. The van der Waals surface area contributed by atoms with Gasteiger partial charge in [0.2, 0.25) is 0 Å². The molecular formula is C10H14N2O3. The van der Waals surface area contributed by atoms with Gasteiger partial charge in [-0.2, -0.15) is 5.10 Å². The molecule has 0 aromatic carbocycles. The molecule has 5 nitrogen and oxygen atoms in total. The van der Waals surface area contributed by atoms with Crippen molar-refractivity contribution >= 4 is 5.97 Å². The zero-order valence-electron chi connectivity index (χ0n) is 8.33. The van der Waals surface area contributed by atoms with E-state index in [4.69, 9.17) is 5.11 Å². The molecule has 0 spiro atoms. The van der Waals surface area contributed by atoms with E-state index in [0.717, 1.165) is 25.7 Å². The van der Waals surface area contributed by atoms with Gasteiger partial charge in [0.15, 0.2) is 0 Å². The van der Waals surface area contributed by atoms with Crippen molar-refractivity contribution in [3.63, 3.8) is 0 Å². The summed E-state index contributed by atoms with van der Waals surface area (Å²) in [4.78, 5) is 10.7. The molecule has 15 heavy (non-hydrogen) atoms. The molecule has 82 valence electrons. The maximum atomic E-state index is 10.7. The lowest BCUT2D eigenvalue weighted by Gasteiger charge is -2.25. The number of aromatic nitrogens is 2. The van der Waals surface area contributed by atoms with Gasteiger partial charge in [-0.15, -0.1) is 0 Å². The first-order valence-electron chi connectivity index (χ1n) is 5.12. The molecular weight excluding hydrogens is 196 g/mol. The fourth-order valence-electron chi connectivity index (χ4n) is 1.97. The van der Waals surface area contributed by atoms with Gasteiger partial charge < -0.3 is 10.2 Å². The van der Waals surface area contributed by atoms with Crippen LogP contribution in [-0.4, -0.2) is 32.1 Å². The normalized spacial score (nSPS) is 26.5. The Balaban J connectivity index is 2.06. The number of carboxylic acids is 1. The first-order chi connectivity index (χ1) is 7.16. The van der Waals surface area contributed by atoms with Crippen LogP contribution in [0.1, 0.15) is 42.1 Å².